The zero-order chi connectivity index (χ0) is 19.1. The summed E-state index contributed by atoms with van der Waals surface area (Å²) < 4.78 is 6.94. The average Bonchev–Trinajstić information content (AvgIpc) is 3.29. The molecule has 0 radical (unpaired) electrons. The van der Waals surface area contributed by atoms with Crippen molar-refractivity contribution in [2.45, 2.75) is 18.4 Å². The first-order valence-corrected chi connectivity index (χ1v) is 9.49. The fourth-order valence-electron chi connectivity index (χ4n) is 4.19. The first-order chi connectivity index (χ1) is 13.7. The second-order valence-corrected chi connectivity index (χ2v) is 7.31. The van der Waals surface area contributed by atoms with Crippen LogP contribution in [0.25, 0.3) is 5.65 Å². The molecule has 144 valence electrons. The lowest BCUT2D eigenvalue weighted by molar-refractivity contribution is 0.0721. The van der Waals surface area contributed by atoms with E-state index in [1.807, 2.05) is 23.1 Å². The van der Waals surface area contributed by atoms with Crippen molar-refractivity contribution in [1.29, 1.82) is 0 Å². The summed E-state index contributed by atoms with van der Waals surface area (Å²) in [6.07, 6.45) is 2.47. The SMILES string of the molecule is O=C(c1ccc2n[nH]c(=O)n2c1)N1CC(CC2COCCN2)c2ccccc21. The summed E-state index contributed by atoms with van der Waals surface area (Å²) in [6.45, 7) is 2.93. The zero-order valence-electron chi connectivity index (χ0n) is 15.3. The van der Waals surface area contributed by atoms with Crippen LogP contribution >= 0.6 is 0 Å². The van der Waals surface area contributed by atoms with E-state index in [0.29, 0.717) is 30.4 Å². The van der Waals surface area contributed by atoms with Gasteiger partial charge in [0.15, 0.2) is 5.65 Å². The summed E-state index contributed by atoms with van der Waals surface area (Å²) in [5, 5.41) is 9.80. The summed E-state index contributed by atoms with van der Waals surface area (Å²) in [7, 11) is 0. The third-order valence-electron chi connectivity index (χ3n) is 5.54. The molecule has 2 N–H and O–H groups in total. The maximum atomic E-state index is 13.3. The highest BCUT2D eigenvalue weighted by Gasteiger charge is 2.34. The van der Waals surface area contributed by atoms with E-state index in [-0.39, 0.29) is 17.5 Å². The summed E-state index contributed by atoms with van der Waals surface area (Å²) in [5.74, 6) is 0.137. The molecule has 1 saturated heterocycles. The monoisotopic (exact) mass is 379 g/mol. The number of ether oxygens (including phenoxy) is 1. The molecule has 4 heterocycles. The van der Waals surface area contributed by atoms with Crippen molar-refractivity contribution in [2.24, 2.45) is 0 Å². The van der Waals surface area contributed by atoms with Crippen LogP contribution in [0.2, 0.25) is 0 Å². The highest BCUT2D eigenvalue weighted by atomic mass is 16.5. The van der Waals surface area contributed by atoms with Crippen molar-refractivity contribution in [3.63, 3.8) is 0 Å². The van der Waals surface area contributed by atoms with Gasteiger partial charge in [0.1, 0.15) is 0 Å². The number of aromatic nitrogens is 3. The number of carbonyl (C=O) groups is 1. The molecule has 2 unspecified atom stereocenters. The average molecular weight is 379 g/mol. The number of aromatic amines is 1. The summed E-state index contributed by atoms with van der Waals surface area (Å²) >= 11 is 0. The fourth-order valence-corrected chi connectivity index (χ4v) is 4.19. The zero-order valence-corrected chi connectivity index (χ0v) is 15.3. The molecule has 0 spiro atoms. The quantitative estimate of drug-likeness (QED) is 0.712. The lowest BCUT2D eigenvalue weighted by atomic mass is 9.94. The minimum Gasteiger partial charge on any atom is -0.379 e. The number of para-hydroxylation sites is 1. The molecule has 0 bridgehead atoms. The Bertz CT molecular complexity index is 1080. The Morgan fingerprint density at radius 3 is 3.00 bits per heavy atom. The highest BCUT2D eigenvalue weighted by molar-refractivity contribution is 6.07. The molecule has 1 aromatic carbocycles. The van der Waals surface area contributed by atoms with Gasteiger partial charge in [-0.25, -0.2) is 14.3 Å². The van der Waals surface area contributed by atoms with E-state index in [2.05, 4.69) is 21.6 Å². The van der Waals surface area contributed by atoms with E-state index in [4.69, 9.17) is 4.74 Å². The molecule has 2 aromatic heterocycles. The first-order valence-electron chi connectivity index (χ1n) is 9.49. The first kappa shape index (κ1) is 17.2. The van der Waals surface area contributed by atoms with Gasteiger partial charge in [-0.2, -0.15) is 5.10 Å². The van der Waals surface area contributed by atoms with Gasteiger partial charge in [0.05, 0.1) is 18.8 Å². The normalized spacial score (nSPS) is 21.8. The molecule has 1 amide bonds. The third-order valence-corrected chi connectivity index (χ3v) is 5.54. The van der Waals surface area contributed by atoms with Crippen LogP contribution in [0.4, 0.5) is 5.69 Å². The molecule has 2 aliphatic heterocycles. The number of nitrogens with zero attached hydrogens (tertiary/aromatic N) is 3. The number of rotatable bonds is 3. The van der Waals surface area contributed by atoms with Crippen molar-refractivity contribution in [1.82, 2.24) is 19.9 Å². The fraction of sp³-hybridized carbons (Fsp3) is 0.350. The van der Waals surface area contributed by atoms with Gasteiger partial charge in [-0.3, -0.25) is 4.79 Å². The van der Waals surface area contributed by atoms with Crippen LogP contribution in [0.15, 0.2) is 47.4 Å². The molecule has 2 atom stereocenters. The molecule has 0 aliphatic carbocycles. The van der Waals surface area contributed by atoms with Crippen molar-refractivity contribution in [2.75, 3.05) is 31.2 Å². The predicted octanol–water partition coefficient (Wildman–Crippen LogP) is 1.15. The Kier molecular flexibility index (Phi) is 4.22. The Balaban J connectivity index is 1.44. The Hall–Kier alpha value is -2.97. The van der Waals surface area contributed by atoms with E-state index in [1.54, 1.807) is 18.3 Å². The molecule has 2 aliphatic rings. The van der Waals surface area contributed by atoms with E-state index in [9.17, 15) is 9.59 Å². The molecule has 0 saturated carbocycles. The van der Waals surface area contributed by atoms with Gasteiger partial charge in [0.2, 0.25) is 0 Å². The van der Waals surface area contributed by atoms with Crippen LogP contribution in [-0.4, -0.2) is 52.9 Å². The predicted molar refractivity (Wildman–Crippen MR) is 104 cm³/mol. The molecule has 8 heteroatoms. The molecular formula is C20H21N5O3. The van der Waals surface area contributed by atoms with E-state index in [1.165, 1.54) is 9.96 Å². The number of fused-ring (bicyclic) bond motifs is 2. The van der Waals surface area contributed by atoms with Crippen molar-refractivity contribution >= 4 is 17.2 Å². The van der Waals surface area contributed by atoms with Crippen LogP contribution < -0.4 is 15.9 Å². The number of hydrogen-bond donors (Lipinski definition) is 2. The van der Waals surface area contributed by atoms with Gasteiger partial charge in [-0.15, -0.1) is 0 Å². The van der Waals surface area contributed by atoms with Gasteiger partial charge in [0.25, 0.3) is 5.91 Å². The number of nitrogens with one attached hydrogen (secondary N) is 2. The molecule has 3 aromatic rings. The lowest BCUT2D eigenvalue weighted by Gasteiger charge is -2.26. The van der Waals surface area contributed by atoms with Crippen LogP contribution in [0.5, 0.6) is 0 Å². The largest absolute Gasteiger partial charge is 0.379 e. The number of pyridine rings is 1. The standard InChI is InChI=1S/C20H21N5O3/c26-19(13-5-6-18-22-23-20(27)25(18)10-13)24-11-14(9-15-12-28-8-7-21-15)16-3-1-2-4-17(16)24/h1-6,10,14-15,21H,7-9,11-12H2,(H,23,27). The number of morpholine rings is 1. The van der Waals surface area contributed by atoms with Gasteiger partial charge < -0.3 is 15.0 Å². The lowest BCUT2D eigenvalue weighted by Crippen LogP contribution is -2.42. The minimum atomic E-state index is -0.354. The molecule has 5 rings (SSSR count). The molecule has 28 heavy (non-hydrogen) atoms. The second-order valence-electron chi connectivity index (χ2n) is 7.31. The maximum absolute atomic E-state index is 13.3. The van der Waals surface area contributed by atoms with Crippen molar-refractivity contribution < 1.29 is 9.53 Å². The van der Waals surface area contributed by atoms with Crippen LogP contribution in [-0.2, 0) is 4.74 Å². The van der Waals surface area contributed by atoms with Crippen LogP contribution in [0.3, 0.4) is 0 Å². The topological polar surface area (TPSA) is 91.7 Å². The molecule has 1 fully saturated rings. The number of H-pyrrole nitrogens is 1. The number of amides is 1. The summed E-state index contributed by atoms with van der Waals surface area (Å²) in [4.78, 5) is 26.9. The minimum absolute atomic E-state index is 0.113. The number of carbonyl (C=O) groups excluding carboxylic acids is 1. The summed E-state index contributed by atoms with van der Waals surface area (Å²) in [6, 6.07) is 11.7. The molecule has 8 nitrogen and oxygen atoms in total. The van der Waals surface area contributed by atoms with Gasteiger partial charge in [0, 0.05) is 36.9 Å². The number of benzene rings is 1. The smallest absolute Gasteiger partial charge is 0.347 e. The van der Waals surface area contributed by atoms with Crippen LogP contribution in [0, 0.1) is 0 Å². The maximum Gasteiger partial charge on any atom is 0.347 e. The van der Waals surface area contributed by atoms with E-state index in [0.717, 1.165) is 25.3 Å². The van der Waals surface area contributed by atoms with E-state index >= 15 is 0 Å². The Labute approximate surface area is 161 Å². The number of hydrogen-bond acceptors (Lipinski definition) is 5. The Morgan fingerprint density at radius 2 is 2.14 bits per heavy atom. The number of anilines is 1. The summed E-state index contributed by atoms with van der Waals surface area (Å²) in [5.41, 5.74) is 2.72. The second kappa shape index (κ2) is 6.88. The van der Waals surface area contributed by atoms with Gasteiger partial charge in [-0.05, 0) is 30.2 Å². The Morgan fingerprint density at radius 1 is 1.25 bits per heavy atom. The van der Waals surface area contributed by atoms with Crippen molar-refractivity contribution in [3.05, 3.63) is 64.2 Å². The van der Waals surface area contributed by atoms with Gasteiger partial charge in [-0.1, -0.05) is 18.2 Å². The van der Waals surface area contributed by atoms with Crippen LogP contribution in [0.1, 0.15) is 28.3 Å². The van der Waals surface area contributed by atoms with Crippen molar-refractivity contribution in [3.8, 4) is 0 Å². The van der Waals surface area contributed by atoms with E-state index < -0.39 is 0 Å². The highest BCUT2D eigenvalue weighted by Crippen LogP contribution is 2.39. The third kappa shape index (κ3) is 2.90. The molecular weight excluding hydrogens is 358 g/mol. The van der Waals surface area contributed by atoms with Gasteiger partial charge >= 0.3 is 5.69 Å².